The summed E-state index contributed by atoms with van der Waals surface area (Å²) in [6, 6.07) is 17.1. The number of hydrogen-bond acceptors (Lipinski definition) is 5. The second-order valence-corrected chi connectivity index (χ2v) is 5.45. The molecular formula is C19H15N3O4. The zero-order valence-corrected chi connectivity index (χ0v) is 13.9. The van der Waals surface area contributed by atoms with Crippen LogP contribution in [-0.4, -0.2) is 24.2 Å². The Morgan fingerprint density at radius 1 is 1.12 bits per heavy atom. The van der Waals surface area contributed by atoms with E-state index in [0.717, 1.165) is 10.8 Å². The van der Waals surface area contributed by atoms with E-state index in [-0.39, 0.29) is 5.69 Å². The van der Waals surface area contributed by atoms with E-state index in [4.69, 9.17) is 4.74 Å². The quantitative estimate of drug-likeness (QED) is 0.433. The van der Waals surface area contributed by atoms with E-state index in [9.17, 15) is 14.9 Å². The van der Waals surface area contributed by atoms with E-state index in [0.29, 0.717) is 16.9 Å². The van der Waals surface area contributed by atoms with Crippen molar-refractivity contribution in [1.82, 2.24) is 5.43 Å². The van der Waals surface area contributed by atoms with Gasteiger partial charge in [-0.2, -0.15) is 5.10 Å². The molecule has 0 heterocycles. The monoisotopic (exact) mass is 349 g/mol. The highest BCUT2D eigenvalue weighted by atomic mass is 16.6. The van der Waals surface area contributed by atoms with E-state index >= 15 is 0 Å². The summed E-state index contributed by atoms with van der Waals surface area (Å²) >= 11 is 0. The van der Waals surface area contributed by atoms with Crippen LogP contribution in [0.5, 0.6) is 5.75 Å². The van der Waals surface area contributed by atoms with Crippen molar-refractivity contribution in [2.45, 2.75) is 0 Å². The molecule has 0 aromatic heterocycles. The molecule has 0 fully saturated rings. The molecule has 0 radical (unpaired) electrons. The molecule has 3 aromatic carbocycles. The predicted molar refractivity (Wildman–Crippen MR) is 98.7 cm³/mol. The lowest BCUT2D eigenvalue weighted by atomic mass is 10.1. The zero-order valence-electron chi connectivity index (χ0n) is 13.9. The van der Waals surface area contributed by atoms with E-state index in [1.54, 1.807) is 24.3 Å². The maximum Gasteiger partial charge on any atom is 0.275 e. The fourth-order valence-corrected chi connectivity index (χ4v) is 2.51. The van der Waals surface area contributed by atoms with Gasteiger partial charge in [-0.1, -0.05) is 36.4 Å². The first-order chi connectivity index (χ1) is 12.6. The van der Waals surface area contributed by atoms with Gasteiger partial charge in [0, 0.05) is 17.7 Å². The number of methoxy groups -OCH3 is 1. The second kappa shape index (κ2) is 7.43. The van der Waals surface area contributed by atoms with Crippen LogP contribution in [0.1, 0.15) is 15.9 Å². The lowest BCUT2D eigenvalue weighted by Crippen LogP contribution is -2.18. The van der Waals surface area contributed by atoms with Gasteiger partial charge in [-0.25, -0.2) is 5.43 Å². The van der Waals surface area contributed by atoms with Crippen molar-refractivity contribution in [2.75, 3.05) is 7.11 Å². The van der Waals surface area contributed by atoms with Gasteiger partial charge >= 0.3 is 0 Å². The van der Waals surface area contributed by atoms with Crippen LogP contribution >= 0.6 is 0 Å². The van der Waals surface area contributed by atoms with Gasteiger partial charge < -0.3 is 4.74 Å². The zero-order chi connectivity index (χ0) is 18.5. The molecule has 1 amide bonds. The maximum absolute atomic E-state index is 12.4. The number of fused-ring (bicyclic) bond motifs is 1. The number of nitro groups is 1. The Morgan fingerprint density at radius 2 is 1.85 bits per heavy atom. The summed E-state index contributed by atoms with van der Waals surface area (Å²) in [5, 5.41) is 16.5. The van der Waals surface area contributed by atoms with Gasteiger partial charge in [-0.3, -0.25) is 14.9 Å². The number of nitro benzene ring substituents is 1. The highest BCUT2D eigenvalue weighted by Crippen LogP contribution is 2.25. The first-order valence-corrected chi connectivity index (χ1v) is 7.73. The number of amides is 1. The number of hydrazone groups is 1. The number of hydrogen-bond donors (Lipinski definition) is 1. The summed E-state index contributed by atoms with van der Waals surface area (Å²) in [6.45, 7) is 0. The minimum atomic E-state index is -0.490. The van der Waals surface area contributed by atoms with Crippen molar-refractivity contribution >= 4 is 28.6 Å². The van der Waals surface area contributed by atoms with E-state index in [2.05, 4.69) is 10.5 Å². The number of non-ortho nitro benzene ring substituents is 1. The molecule has 0 atom stereocenters. The van der Waals surface area contributed by atoms with Gasteiger partial charge in [0.15, 0.2) is 0 Å². The van der Waals surface area contributed by atoms with Crippen LogP contribution in [0, 0.1) is 10.1 Å². The molecule has 0 saturated heterocycles. The third-order valence-corrected chi connectivity index (χ3v) is 3.77. The van der Waals surface area contributed by atoms with Crippen LogP contribution in [0.15, 0.2) is 65.8 Å². The Labute approximate surface area is 149 Å². The van der Waals surface area contributed by atoms with Gasteiger partial charge in [0.05, 0.1) is 23.8 Å². The number of carbonyl (C=O) groups is 1. The Morgan fingerprint density at radius 3 is 2.54 bits per heavy atom. The molecule has 0 saturated carbocycles. The molecule has 0 spiro atoms. The molecule has 26 heavy (non-hydrogen) atoms. The minimum Gasteiger partial charge on any atom is -0.496 e. The van der Waals surface area contributed by atoms with E-state index in [1.807, 2.05) is 24.3 Å². The molecule has 3 rings (SSSR count). The Kier molecular flexibility index (Phi) is 4.89. The summed E-state index contributed by atoms with van der Waals surface area (Å²) < 4.78 is 5.29. The van der Waals surface area contributed by atoms with Crippen molar-refractivity contribution in [3.8, 4) is 5.75 Å². The van der Waals surface area contributed by atoms with Crippen LogP contribution in [0.4, 0.5) is 5.69 Å². The standard InChI is InChI=1S/C19H15N3O4/c1-26-18-11-15-7-3-2-6-14(15)10-17(18)19(23)21-20-12-13-5-4-8-16(9-13)22(24)25/h2-12H,1H3,(H,21,23)/b20-12-. The first-order valence-electron chi connectivity index (χ1n) is 7.73. The number of carbonyl (C=O) groups excluding carboxylic acids is 1. The van der Waals surface area contributed by atoms with E-state index < -0.39 is 10.8 Å². The largest absolute Gasteiger partial charge is 0.496 e. The van der Waals surface area contributed by atoms with Crippen LogP contribution in [-0.2, 0) is 0 Å². The Balaban J connectivity index is 1.81. The number of rotatable bonds is 5. The van der Waals surface area contributed by atoms with Crippen LogP contribution < -0.4 is 10.2 Å². The van der Waals surface area contributed by atoms with E-state index in [1.165, 1.54) is 25.5 Å². The SMILES string of the molecule is COc1cc2ccccc2cc1C(=O)N/N=C\c1cccc([N+](=O)[O-])c1. The fourth-order valence-electron chi connectivity index (χ4n) is 2.51. The van der Waals surface area contributed by atoms with Gasteiger partial charge in [0.2, 0.25) is 0 Å². The molecule has 7 nitrogen and oxygen atoms in total. The molecule has 0 aliphatic carbocycles. The average molecular weight is 349 g/mol. The minimum absolute atomic E-state index is 0.0449. The summed E-state index contributed by atoms with van der Waals surface area (Å²) in [7, 11) is 1.49. The topological polar surface area (TPSA) is 93.8 Å². The lowest BCUT2D eigenvalue weighted by molar-refractivity contribution is -0.384. The third kappa shape index (κ3) is 3.67. The normalized spacial score (nSPS) is 10.8. The molecular weight excluding hydrogens is 334 g/mol. The summed E-state index contributed by atoms with van der Waals surface area (Å²) in [5.74, 6) is 0.000956. The molecule has 0 unspecified atom stereocenters. The maximum atomic E-state index is 12.4. The second-order valence-electron chi connectivity index (χ2n) is 5.45. The highest BCUT2D eigenvalue weighted by molar-refractivity contribution is 6.01. The highest BCUT2D eigenvalue weighted by Gasteiger charge is 2.13. The summed E-state index contributed by atoms with van der Waals surface area (Å²) in [5.41, 5.74) is 3.23. The Hall–Kier alpha value is -3.74. The summed E-state index contributed by atoms with van der Waals surface area (Å²) in [6.07, 6.45) is 1.35. The van der Waals surface area contributed by atoms with Gasteiger partial charge in [0.25, 0.3) is 11.6 Å². The molecule has 7 heteroatoms. The lowest BCUT2D eigenvalue weighted by Gasteiger charge is -2.09. The Bertz CT molecular complexity index is 1010. The fraction of sp³-hybridized carbons (Fsp3) is 0.0526. The molecule has 130 valence electrons. The van der Waals surface area contributed by atoms with Crippen molar-refractivity contribution in [3.05, 3.63) is 81.9 Å². The van der Waals surface area contributed by atoms with Crippen molar-refractivity contribution in [2.24, 2.45) is 5.10 Å². The average Bonchev–Trinajstić information content (AvgIpc) is 2.67. The van der Waals surface area contributed by atoms with Gasteiger partial charge in [0.1, 0.15) is 5.75 Å². The van der Waals surface area contributed by atoms with Crippen LogP contribution in [0.2, 0.25) is 0 Å². The molecule has 0 aliphatic rings. The molecule has 1 N–H and O–H groups in total. The molecule has 0 aliphatic heterocycles. The third-order valence-electron chi connectivity index (χ3n) is 3.77. The molecule has 0 bridgehead atoms. The van der Waals surface area contributed by atoms with Crippen molar-refractivity contribution in [3.63, 3.8) is 0 Å². The van der Waals surface area contributed by atoms with Gasteiger partial charge in [-0.15, -0.1) is 0 Å². The number of ether oxygens (including phenoxy) is 1. The van der Waals surface area contributed by atoms with Crippen molar-refractivity contribution in [1.29, 1.82) is 0 Å². The van der Waals surface area contributed by atoms with Crippen molar-refractivity contribution < 1.29 is 14.5 Å². The van der Waals surface area contributed by atoms with Crippen LogP contribution in [0.25, 0.3) is 10.8 Å². The van der Waals surface area contributed by atoms with Crippen LogP contribution in [0.3, 0.4) is 0 Å². The number of benzene rings is 3. The van der Waals surface area contributed by atoms with Gasteiger partial charge in [-0.05, 0) is 22.9 Å². The predicted octanol–water partition coefficient (Wildman–Crippen LogP) is 3.52. The number of nitrogens with one attached hydrogen (secondary N) is 1. The first kappa shape index (κ1) is 17.1. The number of nitrogens with zero attached hydrogens (tertiary/aromatic N) is 2. The summed E-state index contributed by atoms with van der Waals surface area (Å²) in [4.78, 5) is 22.7. The molecule has 3 aromatic rings. The smallest absolute Gasteiger partial charge is 0.275 e.